The average molecular weight is 487 g/mol. The third-order valence-corrected chi connectivity index (χ3v) is 5.25. The summed E-state index contributed by atoms with van der Waals surface area (Å²) in [6, 6.07) is 7.56. The number of likely N-dealkylation sites (N-methyl/N-ethyl adjacent to an activating group) is 1. The maximum atomic E-state index is 13.6. The van der Waals surface area contributed by atoms with Crippen molar-refractivity contribution >= 4 is 45.6 Å². The zero-order valence-electron chi connectivity index (χ0n) is 19.8. The van der Waals surface area contributed by atoms with E-state index in [0.29, 0.717) is 53.4 Å². The van der Waals surface area contributed by atoms with Crippen molar-refractivity contribution in [3.05, 3.63) is 59.7 Å². The van der Waals surface area contributed by atoms with Gasteiger partial charge < -0.3 is 25.0 Å². The van der Waals surface area contributed by atoms with Crippen LogP contribution in [0.1, 0.15) is 7.79 Å². The van der Waals surface area contributed by atoms with Crippen LogP contribution in [0.4, 0.5) is 21.6 Å². The summed E-state index contributed by atoms with van der Waals surface area (Å²) in [6.07, 6.45) is 3.67. The minimum Gasteiger partial charge on any atom is -0.486 e. The molecule has 0 radical (unpaired) electrons. The number of carbonyl (C=O) groups is 1. The van der Waals surface area contributed by atoms with Gasteiger partial charge in [-0.3, -0.25) is 4.79 Å². The SMILES string of the molecule is [2H]C1(Oc2cc3ncnc(Nc4ccc(F)c(Cl)c4)c3cc2NC(=O)/C=C/CN(C)C)CCOC1. The van der Waals surface area contributed by atoms with Gasteiger partial charge in [-0.2, -0.15) is 0 Å². The molecule has 1 aliphatic rings. The number of aromatic nitrogens is 2. The average Bonchev–Trinajstić information content (AvgIpc) is 3.23. The zero-order chi connectivity index (χ0) is 25.0. The fourth-order valence-electron chi connectivity index (χ4n) is 3.30. The second-order valence-electron chi connectivity index (χ2n) is 7.94. The first-order valence-corrected chi connectivity index (χ1v) is 11.0. The van der Waals surface area contributed by atoms with Crippen molar-refractivity contribution in [1.82, 2.24) is 14.9 Å². The number of hydrogen-bond acceptors (Lipinski definition) is 7. The van der Waals surface area contributed by atoms with Crippen molar-refractivity contribution in [2.24, 2.45) is 0 Å². The molecule has 0 spiro atoms. The Balaban J connectivity index is 1.71. The standard InChI is InChI=1S/C24H25ClFN5O3/c1-31(2)8-3-4-23(32)30-21-11-17-20(12-22(21)34-16-7-9-33-13-16)27-14-28-24(17)29-15-5-6-19(26)18(25)10-15/h3-6,10-12,14,16H,7-9,13H2,1-2H3,(H,30,32)(H,27,28,29)/b4-3+/i16D. The summed E-state index contributed by atoms with van der Waals surface area (Å²) in [4.78, 5) is 23.2. The molecule has 2 N–H and O–H groups in total. The van der Waals surface area contributed by atoms with E-state index in [4.69, 9.17) is 22.4 Å². The molecule has 1 amide bonds. The van der Waals surface area contributed by atoms with Gasteiger partial charge in [-0.05, 0) is 38.4 Å². The number of rotatable bonds is 8. The third kappa shape index (κ3) is 5.99. The second kappa shape index (κ2) is 10.8. The van der Waals surface area contributed by atoms with Crippen molar-refractivity contribution in [2.75, 3.05) is 44.5 Å². The first-order valence-electron chi connectivity index (χ1n) is 11.1. The van der Waals surface area contributed by atoms with Gasteiger partial charge in [0, 0.05) is 36.2 Å². The zero-order valence-corrected chi connectivity index (χ0v) is 19.5. The lowest BCUT2D eigenvalue weighted by molar-refractivity contribution is -0.111. The summed E-state index contributed by atoms with van der Waals surface area (Å²) < 4.78 is 33.4. The number of amides is 1. The second-order valence-corrected chi connectivity index (χ2v) is 8.35. The van der Waals surface area contributed by atoms with Crippen molar-refractivity contribution in [1.29, 1.82) is 0 Å². The summed E-state index contributed by atoms with van der Waals surface area (Å²) in [6.45, 7) is 1.13. The summed E-state index contributed by atoms with van der Waals surface area (Å²) in [5, 5.41) is 6.49. The van der Waals surface area contributed by atoms with Crippen molar-refractivity contribution in [3.8, 4) is 5.75 Å². The number of nitrogens with zero attached hydrogens (tertiary/aromatic N) is 3. The molecule has 2 heterocycles. The number of benzene rings is 2. The van der Waals surface area contributed by atoms with E-state index in [1.165, 1.54) is 30.6 Å². The van der Waals surface area contributed by atoms with Gasteiger partial charge in [-0.1, -0.05) is 17.7 Å². The quantitative estimate of drug-likeness (QED) is 0.456. The molecule has 1 aliphatic heterocycles. The molecule has 1 fully saturated rings. The molecule has 1 saturated heterocycles. The highest BCUT2D eigenvalue weighted by atomic mass is 35.5. The summed E-state index contributed by atoms with van der Waals surface area (Å²) >= 11 is 5.91. The predicted molar refractivity (Wildman–Crippen MR) is 130 cm³/mol. The van der Waals surface area contributed by atoms with E-state index < -0.39 is 11.9 Å². The van der Waals surface area contributed by atoms with E-state index in [-0.39, 0.29) is 17.5 Å². The van der Waals surface area contributed by atoms with Crippen LogP contribution in [-0.4, -0.2) is 60.7 Å². The topological polar surface area (TPSA) is 88.6 Å². The van der Waals surface area contributed by atoms with Gasteiger partial charge in [-0.15, -0.1) is 0 Å². The Bertz CT molecular complexity index is 1270. The van der Waals surface area contributed by atoms with Gasteiger partial charge in [0.05, 0.1) is 30.8 Å². The van der Waals surface area contributed by atoms with E-state index in [1.807, 2.05) is 19.0 Å². The number of nitrogens with one attached hydrogen (secondary N) is 2. The summed E-state index contributed by atoms with van der Waals surface area (Å²) in [7, 11) is 3.80. The van der Waals surface area contributed by atoms with Crippen LogP contribution < -0.4 is 15.4 Å². The molecule has 34 heavy (non-hydrogen) atoms. The highest BCUT2D eigenvalue weighted by Gasteiger charge is 2.20. The smallest absolute Gasteiger partial charge is 0.248 e. The van der Waals surface area contributed by atoms with Crippen LogP contribution >= 0.6 is 11.6 Å². The molecule has 10 heteroatoms. The Kier molecular flexibility index (Phi) is 7.13. The Morgan fingerprint density at radius 1 is 1.38 bits per heavy atom. The Morgan fingerprint density at radius 2 is 2.24 bits per heavy atom. The molecular weight excluding hydrogens is 461 g/mol. The lowest BCUT2D eigenvalue weighted by atomic mass is 10.1. The summed E-state index contributed by atoms with van der Waals surface area (Å²) in [5.41, 5.74) is 1.40. The van der Waals surface area contributed by atoms with Crippen LogP contribution in [0.5, 0.6) is 5.75 Å². The van der Waals surface area contributed by atoms with Crippen LogP contribution in [0.2, 0.25) is 5.02 Å². The van der Waals surface area contributed by atoms with Crippen molar-refractivity contribution in [2.45, 2.75) is 12.5 Å². The van der Waals surface area contributed by atoms with E-state index >= 15 is 0 Å². The van der Waals surface area contributed by atoms with Gasteiger partial charge in [0.2, 0.25) is 5.91 Å². The van der Waals surface area contributed by atoms with Gasteiger partial charge in [-0.25, -0.2) is 14.4 Å². The van der Waals surface area contributed by atoms with Gasteiger partial charge >= 0.3 is 0 Å². The Hall–Kier alpha value is -3.27. The monoisotopic (exact) mass is 486 g/mol. The molecule has 2 aromatic carbocycles. The fraction of sp³-hybridized carbons (Fsp3) is 0.292. The maximum absolute atomic E-state index is 13.6. The van der Waals surface area contributed by atoms with Crippen LogP contribution in [0.15, 0.2) is 48.8 Å². The lowest BCUT2D eigenvalue weighted by Gasteiger charge is -2.17. The normalized spacial score (nSPS) is 18.4. The first-order chi connectivity index (χ1) is 16.7. The number of carbonyl (C=O) groups excluding carboxylic acids is 1. The van der Waals surface area contributed by atoms with E-state index in [1.54, 1.807) is 18.2 Å². The number of halogens is 2. The molecule has 1 aromatic heterocycles. The molecule has 0 saturated carbocycles. The molecule has 0 aliphatic carbocycles. The molecule has 3 aromatic rings. The van der Waals surface area contributed by atoms with E-state index in [9.17, 15) is 9.18 Å². The number of fused-ring (bicyclic) bond motifs is 1. The largest absolute Gasteiger partial charge is 0.486 e. The molecule has 178 valence electrons. The highest BCUT2D eigenvalue weighted by molar-refractivity contribution is 6.31. The molecule has 0 bridgehead atoms. The fourth-order valence-corrected chi connectivity index (χ4v) is 3.48. The van der Waals surface area contributed by atoms with E-state index in [0.717, 1.165) is 0 Å². The first kappa shape index (κ1) is 22.5. The summed E-state index contributed by atoms with van der Waals surface area (Å²) in [5.74, 6) is -0.164. The van der Waals surface area contributed by atoms with Crippen molar-refractivity contribution in [3.63, 3.8) is 0 Å². The highest BCUT2D eigenvalue weighted by Crippen LogP contribution is 2.35. The molecule has 1 unspecified atom stereocenters. The van der Waals surface area contributed by atoms with Crippen LogP contribution in [0, 0.1) is 5.82 Å². The number of ether oxygens (including phenoxy) is 2. The molecular formula is C24H25ClFN5O3. The lowest BCUT2D eigenvalue weighted by Crippen LogP contribution is -2.18. The number of anilines is 3. The predicted octanol–water partition coefficient (Wildman–Crippen LogP) is 4.39. The minimum atomic E-state index is -1.27. The van der Waals surface area contributed by atoms with Crippen LogP contribution in [-0.2, 0) is 9.53 Å². The number of hydrogen-bond donors (Lipinski definition) is 2. The molecule has 1 atom stereocenters. The van der Waals surface area contributed by atoms with Gasteiger partial charge in [0.1, 0.15) is 29.8 Å². The van der Waals surface area contributed by atoms with Crippen LogP contribution in [0.3, 0.4) is 0 Å². The Morgan fingerprint density at radius 3 is 2.97 bits per heavy atom. The molecule has 4 rings (SSSR count). The van der Waals surface area contributed by atoms with Gasteiger partial charge in [0.15, 0.2) is 0 Å². The van der Waals surface area contributed by atoms with E-state index in [2.05, 4.69) is 20.6 Å². The Labute approximate surface area is 203 Å². The van der Waals surface area contributed by atoms with Gasteiger partial charge in [0.25, 0.3) is 0 Å². The third-order valence-electron chi connectivity index (χ3n) is 4.96. The maximum Gasteiger partial charge on any atom is 0.248 e. The minimum absolute atomic E-state index is 0.0268. The van der Waals surface area contributed by atoms with Crippen molar-refractivity contribution < 1.29 is 20.0 Å². The van der Waals surface area contributed by atoms with Crippen LogP contribution in [0.25, 0.3) is 10.9 Å². The molecule has 8 nitrogen and oxygen atoms in total.